The van der Waals surface area contributed by atoms with Gasteiger partial charge in [0.1, 0.15) is 5.69 Å². The van der Waals surface area contributed by atoms with Gasteiger partial charge in [-0.2, -0.15) is 5.10 Å². The summed E-state index contributed by atoms with van der Waals surface area (Å²) in [5.74, 6) is 0. The maximum atomic E-state index is 6.12. The van der Waals surface area contributed by atoms with Crippen molar-refractivity contribution < 1.29 is 0 Å². The van der Waals surface area contributed by atoms with Crippen LogP contribution < -0.4 is 0 Å². The fourth-order valence-corrected chi connectivity index (χ4v) is 3.08. The summed E-state index contributed by atoms with van der Waals surface area (Å²) >= 11 is 13.5. The smallest absolute Gasteiger partial charge is 0.107 e. The van der Waals surface area contributed by atoms with Crippen LogP contribution in [0.25, 0.3) is 10.6 Å². The molecule has 0 unspecified atom stereocenters. The van der Waals surface area contributed by atoms with Crippen LogP contribution in [0, 0.1) is 6.92 Å². The highest BCUT2D eigenvalue weighted by molar-refractivity contribution is 7.20. The molecule has 0 bridgehead atoms. The van der Waals surface area contributed by atoms with Crippen LogP contribution in [0.15, 0.2) is 12.3 Å². The summed E-state index contributed by atoms with van der Waals surface area (Å²) in [4.78, 5) is 0.948. The molecule has 2 heterocycles. The summed E-state index contributed by atoms with van der Waals surface area (Å²) in [6, 6.07) is 2.11. The molecule has 0 aromatic carbocycles. The first kappa shape index (κ1) is 12.0. The van der Waals surface area contributed by atoms with E-state index in [4.69, 9.17) is 23.2 Å². The average molecular weight is 275 g/mol. The second kappa shape index (κ2) is 4.40. The van der Waals surface area contributed by atoms with Crippen molar-refractivity contribution in [3.63, 3.8) is 0 Å². The van der Waals surface area contributed by atoms with Crippen molar-refractivity contribution in [1.82, 2.24) is 9.78 Å². The third kappa shape index (κ3) is 2.12. The van der Waals surface area contributed by atoms with E-state index in [1.165, 1.54) is 11.3 Å². The molecule has 5 heteroatoms. The minimum atomic E-state index is 0.349. The molecule has 2 aromatic heterocycles. The quantitative estimate of drug-likeness (QED) is 0.769. The summed E-state index contributed by atoms with van der Waals surface area (Å²) in [5.41, 5.74) is 2.05. The number of thiophene rings is 1. The predicted molar refractivity (Wildman–Crippen MR) is 70.7 cm³/mol. The summed E-state index contributed by atoms with van der Waals surface area (Å²) in [6.45, 7) is 6.23. The van der Waals surface area contributed by atoms with Crippen molar-refractivity contribution in [2.45, 2.75) is 26.8 Å². The van der Waals surface area contributed by atoms with Crippen molar-refractivity contribution in [1.29, 1.82) is 0 Å². The molecule has 2 nitrogen and oxygen atoms in total. The van der Waals surface area contributed by atoms with Gasteiger partial charge in [-0.1, -0.05) is 23.2 Å². The molecule has 0 radical (unpaired) electrons. The highest BCUT2D eigenvalue weighted by atomic mass is 35.5. The second-order valence-corrected chi connectivity index (χ2v) is 6.05. The van der Waals surface area contributed by atoms with Gasteiger partial charge in [-0.05, 0) is 32.4 Å². The molecule has 0 spiro atoms. The average Bonchev–Trinajstić information content (AvgIpc) is 2.69. The van der Waals surface area contributed by atoms with Gasteiger partial charge in [0.05, 0.1) is 14.2 Å². The first-order chi connectivity index (χ1) is 7.49. The van der Waals surface area contributed by atoms with Gasteiger partial charge < -0.3 is 0 Å². The van der Waals surface area contributed by atoms with Crippen molar-refractivity contribution in [2.75, 3.05) is 0 Å². The van der Waals surface area contributed by atoms with E-state index in [1.807, 2.05) is 17.8 Å². The van der Waals surface area contributed by atoms with Crippen molar-refractivity contribution in [3.05, 3.63) is 27.2 Å². The van der Waals surface area contributed by atoms with E-state index < -0.39 is 0 Å². The number of aryl methyl sites for hydroxylation is 1. The SMILES string of the molecule is Cc1cn(C(C)C)nc1-c1sc(Cl)cc1Cl. The van der Waals surface area contributed by atoms with Gasteiger partial charge in [0.15, 0.2) is 0 Å². The molecule has 0 atom stereocenters. The van der Waals surface area contributed by atoms with Gasteiger partial charge in [-0.15, -0.1) is 11.3 Å². The fraction of sp³-hybridized carbons (Fsp3) is 0.364. The molecule has 0 aliphatic rings. The van der Waals surface area contributed by atoms with Gasteiger partial charge in [0.25, 0.3) is 0 Å². The largest absolute Gasteiger partial charge is 0.269 e. The summed E-state index contributed by atoms with van der Waals surface area (Å²) in [6.07, 6.45) is 2.03. The van der Waals surface area contributed by atoms with Gasteiger partial charge in [-0.25, -0.2) is 0 Å². The van der Waals surface area contributed by atoms with Crippen LogP contribution in [0.2, 0.25) is 9.36 Å². The molecule has 0 amide bonds. The van der Waals surface area contributed by atoms with E-state index in [1.54, 1.807) is 6.07 Å². The van der Waals surface area contributed by atoms with Gasteiger partial charge >= 0.3 is 0 Å². The predicted octanol–water partition coefficient (Wildman–Crippen LogP) is 4.81. The van der Waals surface area contributed by atoms with Gasteiger partial charge in [0, 0.05) is 12.2 Å². The lowest BCUT2D eigenvalue weighted by atomic mass is 10.2. The standard InChI is InChI=1S/C11H12Cl2N2S/c1-6(2)15-5-7(3)10(14-15)11-8(12)4-9(13)16-11/h4-6H,1-3H3. The molecule has 0 aliphatic heterocycles. The number of hydrogen-bond donors (Lipinski definition) is 0. The normalized spacial score (nSPS) is 11.4. The molecule has 16 heavy (non-hydrogen) atoms. The highest BCUT2D eigenvalue weighted by Gasteiger charge is 2.15. The minimum absolute atomic E-state index is 0.349. The van der Waals surface area contributed by atoms with Gasteiger partial charge in [-0.3, -0.25) is 4.68 Å². The van der Waals surface area contributed by atoms with Crippen LogP contribution in [0.1, 0.15) is 25.5 Å². The van der Waals surface area contributed by atoms with Crippen LogP contribution >= 0.6 is 34.5 Å². The monoisotopic (exact) mass is 274 g/mol. The second-order valence-electron chi connectivity index (χ2n) is 3.96. The Bertz CT molecular complexity index is 514. The molecule has 0 fully saturated rings. The maximum Gasteiger partial charge on any atom is 0.107 e. The Morgan fingerprint density at radius 1 is 1.38 bits per heavy atom. The highest BCUT2D eigenvalue weighted by Crippen LogP contribution is 2.39. The molecular formula is C11H12Cl2N2S. The Kier molecular flexibility index (Phi) is 3.29. The van der Waals surface area contributed by atoms with Crippen molar-refractivity contribution >= 4 is 34.5 Å². The van der Waals surface area contributed by atoms with Crippen LogP contribution in [0.5, 0.6) is 0 Å². The van der Waals surface area contributed by atoms with Gasteiger partial charge in [0.2, 0.25) is 0 Å². The first-order valence-corrected chi connectivity index (χ1v) is 6.57. The molecule has 2 rings (SSSR count). The van der Waals surface area contributed by atoms with Crippen molar-refractivity contribution in [3.8, 4) is 10.6 Å². The van der Waals surface area contributed by atoms with Crippen molar-refractivity contribution in [2.24, 2.45) is 0 Å². The van der Waals surface area contributed by atoms with E-state index in [-0.39, 0.29) is 0 Å². The van der Waals surface area contributed by atoms with E-state index in [0.29, 0.717) is 15.4 Å². The number of rotatable bonds is 2. The Morgan fingerprint density at radius 2 is 2.06 bits per heavy atom. The topological polar surface area (TPSA) is 17.8 Å². The number of aromatic nitrogens is 2. The molecule has 86 valence electrons. The summed E-state index contributed by atoms with van der Waals surface area (Å²) < 4.78 is 2.63. The van der Waals surface area contributed by atoms with E-state index in [9.17, 15) is 0 Å². The number of nitrogens with zero attached hydrogens (tertiary/aromatic N) is 2. The molecule has 0 saturated carbocycles. The molecule has 0 N–H and O–H groups in total. The third-order valence-corrected chi connectivity index (χ3v) is 4.00. The Morgan fingerprint density at radius 3 is 2.50 bits per heavy atom. The zero-order valence-corrected chi connectivity index (χ0v) is 11.6. The lowest BCUT2D eigenvalue weighted by molar-refractivity contribution is 0.534. The molecule has 2 aromatic rings. The number of hydrogen-bond acceptors (Lipinski definition) is 2. The van der Waals surface area contributed by atoms with E-state index in [2.05, 4.69) is 18.9 Å². The van der Waals surface area contributed by atoms with Crippen LogP contribution in [-0.4, -0.2) is 9.78 Å². The fourth-order valence-electron chi connectivity index (χ4n) is 1.47. The minimum Gasteiger partial charge on any atom is -0.269 e. The Hall–Kier alpha value is -0.510. The Balaban J connectivity index is 2.52. The summed E-state index contributed by atoms with van der Waals surface area (Å²) in [7, 11) is 0. The van der Waals surface area contributed by atoms with Crippen LogP contribution in [0.3, 0.4) is 0 Å². The first-order valence-electron chi connectivity index (χ1n) is 5.00. The van der Waals surface area contributed by atoms with Crippen LogP contribution in [0.4, 0.5) is 0 Å². The lowest BCUT2D eigenvalue weighted by Gasteiger charge is -2.03. The maximum absolute atomic E-state index is 6.12. The lowest BCUT2D eigenvalue weighted by Crippen LogP contribution is -2.00. The zero-order chi connectivity index (χ0) is 11.9. The Labute approximate surface area is 109 Å². The molecule has 0 saturated heterocycles. The van der Waals surface area contributed by atoms with E-state index >= 15 is 0 Å². The zero-order valence-electron chi connectivity index (χ0n) is 9.29. The van der Waals surface area contributed by atoms with Crippen LogP contribution in [-0.2, 0) is 0 Å². The third-order valence-electron chi connectivity index (χ3n) is 2.32. The molecule has 0 aliphatic carbocycles. The number of halogens is 2. The van der Waals surface area contributed by atoms with E-state index in [0.717, 1.165) is 16.1 Å². The summed E-state index contributed by atoms with van der Waals surface area (Å²) in [5, 5.41) is 5.21. The molecular weight excluding hydrogens is 263 g/mol.